The first kappa shape index (κ1) is 16.9. The van der Waals surface area contributed by atoms with E-state index < -0.39 is 0 Å². The van der Waals surface area contributed by atoms with Crippen LogP contribution in [0.15, 0.2) is 25.3 Å². The monoisotopic (exact) mass is 253 g/mol. The molecule has 0 aromatic heterocycles. The van der Waals surface area contributed by atoms with Crippen LogP contribution in [0.4, 0.5) is 0 Å². The first-order chi connectivity index (χ1) is 8.56. The van der Waals surface area contributed by atoms with Gasteiger partial charge in [-0.2, -0.15) is 0 Å². The molecule has 0 saturated heterocycles. The maximum absolute atomic E-state index is 11.5. The molecule has 0 aliphatic carbocycles. The van der Waals surface area contributed by atoms with Crippen molar-refractivity contribution in [1.29, 1.82) is 0 Å². The van der Waals surface area contributed by atoms with Crippen LogP contribution in [0.2, 0.25) is 0 Å². The normalized spacial score (nSPS) is 12.5. The molecular formula is C14H27N3O. The zero-order valence-corrected chi connectivity index (χ0v) is 11.7. The quantitative estimate of drug-likeness (QED) is 0.574. The number of nitrogens with one attached hydrogen (secondary N) is 1. The molecule has 0 fully saturated rings. The largest absolute Gasteiger partial charge is 0.354 e. The third-order valence-corrected chi connectivity index (χ3v) is 2.85. The fourth-order valence-electron chi connectivity index (χ4n) is 1.90. The first-order valence-corrected chi connectivity index (χ1v) is 6.49. The molecule has 104 valence electrons. The van der Waals surface area contributed by atoms with Gasteiger partial charge in [0.15, 0.2) is 0 Å². The Labute approximate surface area is 111 Å². The van der Waals surface area contributed by atoms with Crippen LogP contribution in [0.1, 0.15) is 20.3 Å². The standard InChI is InChI=1S/C14H27N3O/c1-5-9-17(10-6-2)13(12(3)4)11-16-14(18)7-8-15/h5-6,12-13H,1-2,7-11,15H2,3-4H3,(H,16,18). The van der Waals surface area contributed by atoms with E-state index in [1.165, 1.54) is 0 Å². The maximum Gasteiger partial charge on any atom is 0.221 e. The zero-order chi connectivity index (χ0) is 14.0. The van der Waals surface area contributed by atoms with E-state index in [0.717, 1.165) is 13.1 Å². The zero-order valence-electron chi connectivity index (χ0n) is 11.7. The minimum atomic E-state index is 0.0142. The molecule has 3 N–H and O–H groups in total. The Morgan fingerprint density at radius 2 is 1.89 bits per heavy atom. The predicted octanol–water partition coefficient (Wildman–Crippen LogP) is 1.15. The molecule has 18 heavy (non-hydrogen) atoms. The van der Waals surface area contributed by atoms with Gasteiger partial charge in [0.25, 0.3) is 0 Å². The number of carbonyl (C=O) groups is 1. The van der Waals surface area contributed by atoms with Gasteiger partial charge in [-0.15, -0.1) is 13.2 Å². The summed E-state index contributed by atoms with van der Waals surface area (Å²) in [5, 5.41) is 2.93. The smallest absolute Gasteiger partial charge is 0.221 e. The summed E-state index contributed by atoms with van der Waals surface area (Å²) in [6.45, 7) is 14.5. The van der Waals surface area contributed by atoms with Gasteiger partial charge in [-0.25, -0.2) is 0 Å². The third kappa shape index (κ3) is 6.57. The molecule has 0 aliphatic rings. The predicted molar refractivity (Wildman–Crippen MR) is 77.3 cm³/mol. The van der Waals surface area contributed by atoms with E-state index in [1.54, 1.807) is 0 Å². The Kier molecular flexibility index (Phi) is 9.24. The number of hydrogen-bond acceptors (Lipinski definition) is 3. The summed E-state index contributed by atoms with van der Waals surface area (Å²) in [4.78, 5) is 13.7. The van der Waals surface area contributed by atoms with E-state index in [-0.39, 0.29) is 11.9 Å². The number of amides is 1. The molecular weight excluding hydrogens is 226 g/mol. The number of carbonyl (C=O) groups excluding carboxylic acids is 1. The second kappa shape index (κ2) is 9.85. The summed E-state index contributed by atoms with van der Waals surface area (Å²) in [5.41, 5.74) is 5.35. The second-order valence-corrected chi connectivity index (χ2v) is 4.69. The fourth-order valence-corrected chi connectivity index (χ4v) is 1.90. The van der Waals surface area contributed by atoms with Gasteiger partial charge in [0.1, 0.15) is 0 Å². The summed E-state index contributed by atoms with van der Waals surface area (Å²) in [7, 11) is 0. The first-order valence-electron chi connectivity index (χ1n) is 6.49. The topological polar surface area (TPSA) is 58.4 Å². The van der Waals surface area contributed by atoms with Crippen LogP contribution in [0.3, 0.4) is 0 Å². The molecule has 0 radical (unpaired) electrons. The molecule has 0 spiro atoms. The minimum Gasteiger partial charge on any atom is -0.354 e. The van der Waals surface area contributed by atoms with Crippen molar-refractivity contribution < 1.29 is 4.79 Å². The van der Waals surface area contributed by atoms with Crippen molar-refractivity contribution >= 4 is 5.91 Å². The van der Waals surface area contributed by atoms with Gasteiger partial charge in [-0.05, 0) is 5.92 Å². The van der Waals surface area contributed by atoms with Crippen LogP contribution < -0.4 is 11.1 Å². The maximum atomic E-state index is 11.5. The van der Waals surface area contributed by atoms with Crippen LogP contribution in [0, 0.1) is 5.92 Å². The van der Waals surface area contributed by atoms with Crippen LogP contribution in [-0.4, -0.2) is 43.0 Å². The van der Waals surface area contributed by atoms with Crippen molar-refractivity contribution in [3.05, 3.63) is 25.3 Å². The van der Waals surface area contributed by atoms with E-state index in [1.807, 2.05) is 12.2 Å². The minimum absolute atomic E-state index is 0.0142. The van der Waals surface area contributed by atoms with Crippen LogP contribution >= 0.6 is 0 Å². The molecule has 0 saturated carbocycles. The highest BCUT2D eigenvalue weighted by Crippen LogP contribution is 2.10. The summed E-state index contributed by atoms with van der Waals surface area (Å²) >= 11 is 0. The Hall–Kier alpha value is -1.13. The van der Waals surface area contributed by atoms with E-state index in [0.29, 0.717) is 25.4 Å². The van der Waals surface area contributed by atoms with E-state index >= 15 is 0 Å². The molecule has 0 heterocycles. The van der Waals surface area contributed by atoms with Gasteiger partial charge < -0.3 is 11.1 Å². The summed E-state index contributed by atoms with van der Waals surface area (Å²) in [6.07, 6.45) is 4.13. The molecule has 4 nitrogen and oxygen atoms in total. The molecule has 4 heteroatoms. The average Bonchev–Trinajstić information content (AvgIpc) is 2.29. The van der Waals surface area contributed by atoms with Crippen LogP contribution in [0.25, 0.3) is 0 Å². The van der Waals surface area contributed by atoms with Gasteiger partial charge in [0, 0.05) is 38.6 Å². The fraction of sp³-hybridized carbons (Fsp3) is 0.643. The summed E-state index contributed by atoms with van der Waals surface area (Å²) in [6, 6.07) is 0.280. The lowest BCUT2D eigenvalue weighted by molar-refractivity contribution is -0.121. The SMILES string of the molecule is C=CCN(CC=C)C(CNC(=O)CCN)C(C)C. The number of nitrogens with zero attached hydrogens (tertiary/aromatic N) is 1. The van der Waals surface area contributed by atoms with Crippen molar-refractivity contribution in [2.45, 2.75) is 26.3 Å². The van der Waals surface area contributed by atoms with Gasteiger partial charge in [0.2, 0.25) is 5.91 Å². The van der Waals surface area contributed by atoms with Gasteiger partial charge in [-0.1, -0.05) is 26.0 Å². The second-order valence-electron chi connectivity index (χ2n) is 4.69. The Bertz CT molecular complexity index is 254. The van der Waals surface area contributed by atoms with Crippen molar-refractivity contribution in [3.8, 4) is 0 Å². The van der Waals surface area contributed by atoms with Crippen molar-refractivity contribution in [1.82, 2.24) is 10.2 Å². The van der Waals surface area contributed by atoms with Crippen molar-refractivity contribution in [2.24, 2.45) is 11.7 Å². The van der Waals surface area contributed by atoms with Crippen molar-refractivity contribution in [2.75, 3.05) is 26.2 Å². The summed E-state index contributed by atoms with van der Waals surface area (Å²) in [5.74, 6) is 0.461. The highest BCUT2D eigenvalue weighted by molar-refractivity contribution is 5.76. The average molecular weight is 253 g/mol. The van der Waals surface area contributed by atoms with Gasteiger partial charge >= 0.3 is 0 Å². The highest BCUT2D eigenvalue weighted by Gasteiger charge is 2.20. The molecule has 0 aromatic carbocycles. The number of rotatable bonds is 10. The lowest BCUT2D eigenvalue weighted by Crippen LogP contribution is -2.47. The molecule has 1 atom stereocenters. The molecule has 0 bridgehead atoms. The Morgan fingerprint density at radius 3 is 2.28 bits per heavy atom. The lowest BCUT2D eigenvalue weighted by atomic mass is 10.0. The molecule has 1 unspecified atom stereocenters. The summed E-state index contributed by atoms with van der Waals surface area (Å²) < 4.78 is 0. The Morgan fingerprint density at radius 1 is 1.33 bits per heavy atom. The van der Waals surface area contributed by atoms with E-state index in [2.05, 4.69) is 37.2 Å². The van der Waals surface area contributed by atoms with E-state index in [4.69, 9.17) is 5.73 Å². The molecule has 0 aromatic rings. The lowest BCUT2D eigenvalue weighted by Gasteiger charge is -2.33. The molecule has 0 aliphatic heterocycles. The molecule has 1 amide bonds. The number of nitrogens with two attached hydrogens (primary N) is 1. The van der Waals surface area contributed by atoms with Crippen LogP contribution in [-0.2, 0) is 4.79 Å². The highest BCUT2D eigenvalue weighted by atomic mass is 16.1. The van der Waals surface area contributed by atoms with Crippen molar-refractivity contribution in [3.63, 3.8) is 0 Å². The van der Waals surface area contributed by atoms with Crippen LogP contribution in [0.5, 0.6) is 0 Å². The van der Waals surface area contributed by atoms with E-state index in [9.17, 15) is 4.79 Å². The molecule has 0 rings (SSSR count). The van der Waals surface area contributed by atoms with Gasteiger partial charge in [0.05, 0.1) is 0 Å². The Balaban J connectivity index is 4.46. The number of hydrogen-bond donors (Lipinski definition) is 2. The van der Waals surface area contributed by atoms with Gasteiger partial charge in [-0.3, -0.25) is 9.69 Å². The third-order valence-electron chi connectivity index (χ3n) is 2.85.